The SMILES string of the molecule is C[C@@H](SCC(=O)Nc1ccc(F)cc1)C(=O)NC(c1ccccc1)c1ccccc1. The second kappa shape index (κ2) is 10.6. The molecule has 0 bridgehead atoms. The lowest BCUT2D eigenvalue weighted by molar-refractivity contribution is -0.120. The maximum absolute atomic E-state index is 13.0. The average Bonchev–Trinajstić information content (AvgIpc) is 2.78. The second-order valence-electron chi connectivity index (χ2n) is 6.77. The monoisotopic (exact) mass is 422 g/mol. The number of rotatable bonds is 8. The summed E-state index contributed by atoms with van der Waals surface area (Å²) < 4.78 is 13.0. The van der Waals surface area contributed by atoms with Gasteiger partial charge in [-0.2, -0.15) is 0 Å². The molecule has 0 saturated heterocycles. The summed E-state index contributed by atoms with van der Waals surface area (Å²) in [6.45, 7) is 1.78. The number of halogens is 1. The summed E-state index contributed by atoms with van der Waals surface area (Å²) >= 11 is 1.25. The van der Waals surface area contributed by atoms with Gasteiger partial charge in [-0.15, -0.1) is 11.8 Å². The molecule has 0 aromatic heterocycles. The van der Waals surface area contributed by atoms with Gasteiger partial charge in [0.15, 0.2) is 0 Å². The van der Waals surface area contributed by atoms with Crippen LogP contribution >= 0.6 is 11.8 Å². The van der Waals surface area contributed by atoms with Crippen LogP contribution in [0, 0.1) is 5.82 Å². The lowest BCUT2D eigenvalue weighted by Crippen LogP contribution is -2.35. The molecular formula is C24H23FN2O2S. The lowest BCUT2D eigenvalue weighted by Gasteiger charge is -2.22. The Bertz CT molecular complexity index is 926. The molecule has 3 aromatic carbocycles. The van der Waals surface area contributed by atoms with Gasteiger partial charge < -0.3 is 10.6 Å². The van der Waals surface area contributed by atoms with E-state index in [0.29, 0.717) is 5.69 Å². The van der Waals surface area contributed by atoms with E-state index in [1.807, 2.05) is 60.7 Å². The highest BCUT2D eigenvalue weighted by atomic mass is 32.2. The molecule has 6 heteroatoms. The molecule has 4 nitrogen and oxygen atoms in total. The van der Waals surface area contributed by atoms with E-state index in [1.165, 1.54) is 36.0 Å². The normalized spacial score (nSPS) is 11.7. The molecule has 30 heavy (non-hydrogen) atoms. The first-order chi connectivity index (χ1) is 14.5. The van der Waals surface area contributed by atoms with Crippen molar-refractivity contribution in [1.82, 2.24) is 5.32 Å². The molecule has 0 aliphatic rings. The highest BCUT2D eigenvalue weighted by Crippen LogP contribution is 2.23. The molecule has 0 heterocycles. The summed E-state index contributed by atoms with van der Waals surface area (Å²) in [5, 5.41) is 5.38. The van der Waals surface area contributed by atoms with E-state index >= 15 is 0 Å². The van der Waals surface area contributed by atoms with Crippen LogP contribution in [0.3, 0.4) is 0 Å². The molecule has 0 unspecified atom stereocenters. The van der Waals surface area contributed by atoms with E-state index in [4.69, 9.17) is 0 Å². The fraction of sp³-hybridized carbons (Fsp3) is 0.167. The van der Waals surface area contributed by atoms with Gasteiger partial charge in [0.2, 0.25) is 11.8 Å². The highest BCUT2D eigenvalue weighted by Gasteiger charge is 2.21. The Morgan fingerprint density at radius 3 is 1.93 bits per heavy atom. The summed E-state index contributed by atoms with van der Waals surface area (Å²) in [4.78, 5) is 24.9. The van der Waals surface area contributed by atoms with Crippen molar-refractivity contribution in [1.29, 1.82) is 0 Å². The number of anilines is 1. The smallest absolute Gasteiger partial charge is 0.234 e. The van der Waals surface area contributed by atoms with Gasteiger partial charge in [0.25, 0.3) is 0 Å². The minimum Gasteiger partial charge on any atom is -0.344 e. The molecule has 0 aliphatic heterocycles. The number of hydrogen-bond acceptors (Lipinski definition) is 3. The molecule has 0 spiro atoms. The zero-order valence-corrected chi connectivity index (χ0v) is 17.4. The Labute approximate surface area is 179 Å². The fourth-order valence-electron chi connectivity index (χ4n) is 2.92. The Balaban J connectivity index is 1.58. The van der Waals surface area contributed by atoms with Crippen molar-refractivity contribution in [3.8, 4) is 0 Å². The summed E-state index contributed by atoms with van der Waals surface area (Å²) in [6, 6.07) is 24.8. The van der Waals surface area contributed by atoms with E-state index in [9.17, 15) is 14.0 Å². The molecule has 154 valence electrons. The van der Waals surface area contributed by atoms with Crippen molar-refractivity contribution < 1.29 is 14.0 Å². The summed E-state index contributed by atoms with van der Waals surface area (Å²) in [6.07, 6.45) is 0. The van der Waals surface area contributed by atoms with E-state index in [1.54, 1.807) is 6.92 Å². The second-order valence-corrected chi connectivity index (χ2v) is 8.10. The Kier molecular flexibility index (Phi) is 7.63. The van der Waals surface area contributed by atoms with E-state index in [0.717, 1.165) is 11.1 Å². The summed E-state index contributed by atoms with van der Waals surface area (Å²) in [5.41, 5.74) is 2.50. The Morgan fingerprint density at radius 2 is 1.40 bits per heavy atom. The van der Waals surface area contributed by atoms with Crippen LogP contribution in [0.5, 0.6) is 0 Å². The standard InChI is InChI=1S/C24H23FN2O2S/c1-17(30-16-22(28)26-21-14-12-20(25)13-15-21)24(29)27-23(18-8-4-2-5-9-18)19-10-6-3-7-11-19/h2-15,17,23H,16H2,1H3,(H,26,28)(H,27,29)/t17-/m1/s1. The number of hydrogen-bond donors (Lipinski definition) is 2. The van der Waals surface area contributed by atoms with Crippen LogP contribution in [0.4, 0.5) is 10.1 Å². The van der Waals surface area contributed by atoms with Gasteiger partial charge in [-0.05, 0) is 42.3 Å². The number of thioether (sulfide) groups is 1. The van der Waals surface area contributed by atoms with Crippen molar-refractivity contribution in [2.75, 3.05) is 11.1 Å². The molecule has 3 rings (SSSR count). The average molecular weight is 423 g/mol. The third kappa shape index (κ3) is 6.19. The van der Waals surface area contributed by atoms with Crippen LogP contribution < -0.4 is 10.6 Å². The van der Waals surface area contributed by atoms with Crippen LogP contribution in [-0.2, 0) is 9.59 Å². The molecule has 0 aliphatic carbocycles. The molecule has 2 amide bonds. The van der Waals surface area contributed by atoms with Crippen molar-refractivity contribution in [3.05, 3.63) is 102 Å². The number of carbonyl (C=O) groups is 2. The van der Waals surface area contributed by atoms with Crippen molar-refractivity contribution in [3.63, 3.8) is 0 Å². The molecule has 0 fully saturated rings. The molecule has 1 atom stereocenters. The zero-order chi connectivity index (χ0) is 21.3. The predicted molar refractivity (Wildman–Crippen MR) is 120 cm³/mol. The largest absolute Gasteiger partial charge is 0.344 e. The minimum atomic E-state index is -0.418. The maximum Gasteiger partial charge on any atom is 0.234 e. The number of nitrogens with one attached hydrogen (secondary N) is 2. The van der Waals surface area contributed by atoms with E-state index < -0.39 is 5.25 Å². The van der Waals surface area contributed by atoms with Crippen LogP contribution in [0.25, 0.3) is 0 Å². The predicted octanol–water partition coefficient (Wildman–Crippen LogP) is 4.79. The van der Waals surface area contributed by atoms with Gasteiger partial charge in [-0.25, -0.2) is 4.39 Å². The quantitative estimate of drug-likeness (QED) is 0.549. The Morgan fingerprint density at radius 1 is 0.867 bits per heavy atom. The van der Waals surface area contributed by atoms with Crippen LogP contribution in [0.15, 0.2) is 84.9 Å². The minimum absolute atomic E-state index is 0.118. The lowest BCUT2D eigenvalue weighted by atomic mass is 9.98. The summed E-state index contributed by atoms with van der Waals surface area (Å²) in [5.74, 6) is -0.631. The van der Waals surface area contributed by atoms with Gasteiger partial charge in [0.05, 0.1) is 17.0 Å². The van der Waals surface area contributed by atoms with Crippen molar-refractivity contribution in [2.45, 2.75) is 18.2 Å². The van der Waals surface area contributed by atoms with Crippen LogP contribution in [-0.4, -0.2) is 22.8 Å². The third-order valence-electron chi connectivity index (χ3n) is 4.51. The molecule has 3 aromatic rings. The van der Waals surface area contributed by atoms with Gasteiger partial charge in [-0.1, -0.05) is 60.7 Å². The first kappa shape index (κ1) is 21.6. The highest BCUT2D eigenvalue weighted by molar-refractivity contribution is 8.01. The Hall–Kier alpha value is -3.12. The maximum atomic E-state index is 13.0. The first-order valence-electron chi connectivity index (χ1n) is 9.60. The third-order valence-corrected chi connectivity index (χ3v) is 5.66. The fourth-order valence-corrected chi connectivity index (χ4v) is 3.61. The van der Waals surface area contributed by atoms with Crippen LogP contribution in [0.2, 0.25) is 0 Å². The molecule has 0 saturated carbocycles. The number of carbonyl (C=O) groups excluding carboxylic acids is 2. The first-order valence-corrected chi connectivity index (χ1v) is 10.6. The van der Waals surface area contributed by atoms with Gasteiger partial charge in [-0.3, -0.25) is 9.59 Å². The van der Waals surface area contributed by atoms with Crippen LogP contribution in [0.1, 0.15) is 24.1 Å². The molecule has 2 N–H and O–H groups in total. The molecule has 0 radical (unpaired) electrons. The molecular weight excluding hydrogens is 399 g/mol. The topological polar surface area (TPSA) is 58.2 Å². The zero-order valence-electron chi connectivity index (χ0n) is 16.5. The van der Waals surface area contributed by atoms with Gasteiger partial charge >= 0.3 is 0 Å². The number of benzene rings is 3. The number of amides is 2. The van der Waals surface area contributed by atoms with Crippen molar-refractivity contribution >= 4 is 29.3 Å². The van der Waals surface area contributed by atoms with Crippen molar-refractivity contribution in [2.24, 2.45) is 0 Å². The van der Waals surface area contributed by atoms with E-state index in [2.05, 4.69) is 10.6 Å². The summed E-state index contributed by atoms with van der Waals surface area (Å²) in [7, 11) is 0. The van der Waals surface area contributed by atoms with Gasteiger partial charge in [0, 0.05) is 5.69 Å². The van der Waals surface area contributed by atoms with E-state index in [-0.39, 0.29) is 29.4 Å². The van der Waals surface area contributed by atoms with Gasteiger partial charge in [0.1, 0.15) is 5.82 Å².